The van der Waals surface area contributed by atoms with E-state index in [0.717, 1.165) is 19.0 Å². The van der Waals surface area contributed by atoms with Crippen molar-refractivity contribution in [1.82, 2.24) is 14.7 Å². The van der Waals surface area contributed by atoms with Gasteiger partial charge < -0.3 is 20.5 Å². The van der Waals surface area contributed by atoms with Gasteiger partial charge in [-0.15, -0.1) is 0 Å². The number of alkyl halides is 2. The van der Waals surface area contributed by atoms with E-state index in [9.17, 15) is 23.5 Å². The van der Waals surface area contributed by atoms with Gasteiger partial charge in [0.2, 0.25) is 5.91 Å². The van der Waals surface area contributed by atoms with E-state index >= 15 is 8.78 Å². The molecule has 0 radical (unpaired) electrons. The van der Waals surface area contributed by atoms with Gasteiger partial charge in [0.15, 0.2) is 0 Å². The largest absolute Gasteiger partial charge is 0.488 e. The number of carboxylic acids is 1. The summed E-state index contributed by atoms with van der Waals surface area (Å²) in [5.41, 5.74) is 5.65. The number of benzene rings is 2. The summed E-state index contributed by atoms with van der Waals surface area (Å²) in [5.74, 6) is -6.19. The molecule has 12 heteroatoms. The second kappa shape index (κ2) is 13.2. The maximum Gasteiger partial charge on any atom is 0.339 e. The van der Waals surface area contributed by atoms with Gasteiger partial charge in [-0.25, -0.2) is 18.3 Å². The lowest BCUT2D eigenvalue weighted by Gasteiger charge is -2.32. The maximum absolute atomic E-state index is 15.2. The fourth-order valence-electron chi connectivity index (χ4n) is 5.57. The number of carbonyl (C=O) groups is 2. The lowest BCUT2D eigenvalue weighted by molar-refractivity contribution is -0.133. The zero-order valence-electron chi connectivity index (χ0n) is 25.2. The van der Waals surface area contributed by atoms with Gasteiger partial charge in [-0.3, -0.25) is 4.79 Å². The van der Waals surface area contributed by atoms with Crippen LogP contribution >= 0.6 is 0 Å². The Hall–Kier alpha value is -4.87. The Morgan fingerprint density at radius 2 is 1.76 bits per heavy atom. The van der Waals surface area contributed by atoms with Crippen LogP contribution in [0.2, 0.25) is 0 Å². The molecule has 242 valence electrons. The van der Waals surface area contributed by atoms with Crippen molar-refractivity contribution in [2.45, 2.75) is 51.1 Å². The highest BCUT2D eigenvalue weighted by molar-refractivity contribution is 5.89. The number of carbonyl (C=O) groups excluding carboxylic acids is 1. The van der Waals surface area contributed by atoms with Crippen molar-refractivity contribution in [1.29, 1.82) is 0 Å². The van der Waals surface area contributed by atoms with Gasteiger partial charge in [0.1, 0.15) is 41.1 Å². The first-order chi connectivity index (χ1) is 21.8. The van der Waals surface area contributed by atoms with Gasteiger partial charge in [-0.1, -0.05) is 36.9 Å². The Morgan fingerprint density at radius 3 is 2.37 bits per heavy atom. The molecule has 2 fully saturated rings. The van der Waals surface area contributed by atoms with E-state index < -0.39 is 34.8 Å². The van der Waals surface area contributed by atoms with Gasteiger partial charge in [0, 0.05) is 31.5 Å². The molecule has 1 saturated carbocycles. The van der Waals surface area contributed by atoms with Crippen LogP contribution < -0.4 is 10.5 Å². The molecular formula is C34H34F4N4O4. The number of nitrogens with two attached hydrogens (primary N) is 1. The van der Waals surface area contributed by atoms with E-state index in [1.54, 1.807) is 24.3 Å². The number of amides is 1. The lowest BCUT2D eigenvalue weighted by atomic mass is 9.88. The van der Waals surface area contributed by atoms with Crippen LogP contribution in [0.5, 0.6) is 5.75 Å². The average Bonchev–Trinajstić information content (AvgIpc) is 3.76. The van der Waals surface area contributed by atoms with Crippen molar-refractivity contribution >= 4 is 23.3 Å². The molecule has 1 aliphatic heterocycles. The first kappa shape index (κ1) is 32.5. The van der Waals surface area contributed by atoms with Gasteiger partial charge >= 0.3 is 5.97 Å². The zero-order chi connectivity index (χ0) is 33.2. The van der Waals surface area contributed by atoms with E-state index in [0.29, 0.717) is 60.0 Å². The predicted molar refractivity (Wildman–Crippen MR) is 164 cm³/mol. The third-order valence-electron chi connectivity index (χ3n) is 8.20. The van der Waals surface area contributed by atoms with Crippen LogP contribution in [0.25, 0.3) is 11.4 Å². The number of nitrogens with zero attached hydrogens (tertiary/aromatic N) is 3. The Bertz CT molecular complexity index is 1690. The van der Waals surface area contributed by atoms with Gasteiger partial charge in [0.25, 0.3) is 5.92 Å². The van der Waals surface area contributed by atoms with E-state index in [1.807, 2.05) is 4.90 Å². The maximum atomic E-state index is 15.2. The lowest BCUT2D eigenvalue weighted by Crippen LogP contribution is -2.38. The van der Waals surface area contributed by atoms with Crippen LogP contribution in [0.1, 0.15) is 71.3 Å². The normalized spacial score (nSPS) is 16.2. The molecule has 3 aromatic rings. The van der Waals surface area contributed by atoms with Crippen LogP contribution in [0, 0.1) is 17.6 Å². The van der Waals surface area contributed by atoms with E-state index in [4.69, 9.17) is 10.5 Å². The standard InChI is InChI=1S/C34H34F4N4O4/c1-20(6-5-9-30(39)42-31(34(2,37)38)25(18-40-42)33(44)45)24-7-3-4-8-29(24)46-19-26-27(35)16-23(17-28(26)36)21-12-14-41(15-13-21)32(43)22-10-11-22/h3-9,16-18,21-22H,1,10-15,19,39H2,2H3,(H,44,45)/b6-5-,30-9+. The number of carboxylic acid groups (broad SMARTS) is 1. The summed E-state index contributed by atoms with van der Waals surface area (Å²) in [6.07, 6.45) is 8.16. The number of para-hydroxylation sites is 1. The second-order valence-corrected chi connectivity index (χ2v) is 11.6. The summed E-state index contributed by atoms with van der Waals surface area (Å²) in [5, 5.41) is 12.9. The summed E-state index contributed by atoms with van der Waals surface area (Å²) in [4.78, 5) is 25.6. The summed E-state index contributed by atoms with van der Waals surface area (Å²) >= 11 is 0. The molecule has 0 spiro atoms. The van der Waals surface area contributed by atoms with Gasteiger partial charge in [0.05, 0.1) is 11.8 Å². The number of hydrogen-bond donors (Lipinski definition) is 2. The van der Waals surface area contributed by atoms with Crippen LogP contribution in [0.4, 0.5) is 17.6 Å². The van der Waals surface area contributed by atoms with Crippen molar-refractivity contribution in [3.05, 3.63) is 107 Å². The summed E-state index contributed by atoms with van der Waals surface area (Å²) in [6, 6.07) is 9.40. The molecule has 0 unspecified atom stereocenters. The minimum Gasteiger partial charge on any atom is -0.488 e. The zero-order valence-corrected chi connectivity index (χ0v) is 25.2. The van der Waals surface area contributed by atoms with E-state index in [-0.39, 0.29) is 35.7 Å². The van der Waals surface area contributed by atoms with Crippen molar-refractivity contribution < 1.29 is 37.0 Å². The van der Waals surface area contributed by atoms with Crippen LogP contribution in [0.15, 0.2) is 67.4 Å². The molecule has 3 N–H and O–H groups in total. The molecule has 2 heterocycles. The van der Waals surface area contributed by atoms with Gasteiger partial charge in [-0.2, -0.15) is 13.9 Å². The molecule has 1 aliphatic carbocycles. The Morgan fingerprint density at radius 1 is 1.11 bits per heavy atom. The highest BCUT2D eigenvalue weighted by atomic mass is 19.3. The first-order valence-corrected chi connectivity index (χ1v) is 14.9. The fraction of sp³-hybridized carbons (Fsp3) is 0.324. The molecule has 0 bridgehead atoms. The number of rotatable bonds is 11. The summed E-state index contributed by atoms with van der Waals surface area (Å²) < 4.78 is 65.1. The van der Waals surface area contributed by atoms with Crippen LogP contribution in [-0.2, 0) is 17.3 Å². The first-order valence-electron chi connectivity index (χ1n) is 14.9. The highest BCUT2D eigenvalue weighted by Crippen LogP contribution is 2.36. The average molecular weight is 639 g/mol. The van der Waals surface area contributed by atoms with Gasteiger partial charge in [-0.05, 0) is 67.0 Å². The van der Waals surface area contributed by atoms with Crippen molar-refractivity contribution in [2.75, 3.05) is 13.1 Å². The molecule has 0 atom stereocenters. The second-order valence-electron chi connectivity index (χ2n) is 11.6. The number of hydrogen-bond acceptors (Lipinski definition) is 5. The Kier molecular flexibility index (Phi) is 9.36. The number of ether oxygens (including phenoxy) is 1. The molecule has 1 amide bonds. The quantitative estimate of drug-likeness (QED) is 0.179. The fourth-order valence-corrected chi connectivity index (χ4v) is 5.57. The molecule has 8 nitrogen and oxygen atoms in total. The molecular weight excluding hydrogens is 604 g/mol. The van der Waals surface area contributed by atoms with Crippen LogP contribution in [-0.4, -0.2) is 44.8 Å². The van der Waals surface area contributed by atoms with E-state index in [1.165, 1.54) is 30.4 Å². The monoisotopic (exact) mass is 638 g/mol. The van der Waals surface area contributed by atoms with Crippen molar-refractivity contribution in [2.24, 2.45) is 11.7 Å². The van der Waals surface area contributed by atoms with Crippen molar-refractivity contribution in [3.8, 4) is 5.75 Å². The third kappa shape index (κ3) is 7.16. The third-order valence-corrected chi connectivity index (χ3v) is 8.20. The minimum absolute atomic E-state index is 0.0429. The Labute approximate surface area is 263 Å². The number of halogens is 4. The minimum atomic E-state index is -3.53. The molecule has 2 aliphatic rings. The number of likely N-dealkylation sites (tertiary alicyclic amines) is 1. The SMILES string of the molecule is C=C(/C=C\C=C(/N)n1ncc(C(=O)O)c1C(C)(F)F)c1ccccc1OCc1c(F)cc(C2CCN(C(=O)C3CC3)CC2)cc1F. The molecule has 1 aromatic heterocycles. The molecule has 2 aromatic carbocycles. The summed E-state index contributed by atoms with van der Waals surface area (Å²) in [7, 11) is 0. The Balaban J connectivity index is 1.25. The smallest absolute Gasteiger partial charge is 0.339 e. The number of allylic oxidation sites excluding steroid dienone is 4. The molecule has 1 saturated heterocycles. The number of aromatic nitrogens is 2. The van der Waals surface area contributed by atoms with E-state index in [2.05, 4.69) is 11.7 Å². The molecule has 46 heavy (non-hydrogen) atoms. The number of piperidine rings is 1. The van der Waals surface area contributed by atoms with Crippen LogP contribution in [0.3, 0.4) is 0 Å². The molecule has 5 rings (SSSR count). The predicted octanol–water partition coefficient (Wildman–Crippen LogP) is 6.69. The number of aromatic carboxylic acids is 1. The highest BCUT2D eigenvalue weighted by Gasteiger charge is 2.36. The summed E-state index contributed by atoms with van der Waals surface area (Å²) in [6.45, 7) is 5.32. The topological polar surface area (TPSA) is 111 Å². The van der Waals surface area contributed by atoms with Crippen molar-refractivity contribution in [3.63, 3.8) is 0 Å².